The van der Waals surface area contributed by atoms with Crippen LogP contribution < -0.4 is 0 Å². The fourth-order valence-electron chi connectivity index (χ4n) is 2.08. The van der Waals surface area contributed by atoms with Crippen molar-refractivity contribution in [2.75, 3.05) is 0 Å². The van der Waals surface area contributed by atoms with E-state index in [1.807, 2.05) is 37.3 Å². The van der Waals surface area contributed by atoms with Gasteiger partial charge in [-0.15, -0.1) is 16.4 Å². The molecule has 0 amide bonds. The maximum Gasteiger partial charge on any atom is 0.252 e. The second kappa shape index (κ2) is 4.87. The Morgan fingerprint density at radius 2 is 2.25 bits per heavy atom. The van der Waals surface area contributed by atoms with E-state index in [2.05, 4.69) is 10.1 Å². The summed E-state index contributed by atoms with van der Waals surface area (Å²) in [4.78, 5) is 16.9. The van der Waals surface area contributed by atoms with E-state index in [9.17, 15) is 4.79 Å². The number of thiophene rings is 1. The summed E-state index contributed by atoms with van der Waals surface area (Å²) in [7, 11) is 0. The monoisotopic (exact) mass is 282 g/mol. The summed E-state index contributed by atoms with van der Waals surface area (Å²) >= 11 is 1.49. The molecule has 2 heterocycles. The zero-order valence-corrected chi connectivity index (χ0v) is 11.5. The molecular weight excluding hydrogens is 272 g/mol. The van der Waals surface area contributed by atoms with Gasteiger partial charge in [0.15, 0.2) is 5.78 Å². The lowest BCUT2D eigenvalue weighted by molar-refractivity contribution is 0.0971. The number of hydrogen-bond acceptors (Lipinski definition) is 5. The number of rotatable bonds is 3. The van der Waals surface area contributed by atoms with E-state index < -0.39 is 0 Å². The van der Waals surface area contributed by atoms with Gasteiger partial charge in [-0.1, -0.05) is 18.2 Å². The van der Waals surface area contributed by atoms with Gasteiger partial charge < -0.3 is 0 Å². The third kappa shape index (κ3) is 2.08. The van der Waals surface area contributed by atoms with Gasteiger partial charge in [-0.25, -0.2) is 9.67 Å². The molecule has 0 bridgehead atoms. The number of aromatic nitrogens is 3. The number of nitriles is 1. The molecule has 5 nitrogen and oxygen atoms in total. The first-order valence-corrected chi connectivity index (χ1v) is 6.81. The molecule has 1 aromatic carbocycles. The minimum absolute atomic E-state index is 0.0157. The minimum Gasteiger partial charge on any atom is -0.291 e. The second-order valence-electron chi connectivity index (χ2n) is 4.35. The van der Waals surface area contributed by atoms with Crippen LogP contribution in [0.3, 0.4) is 0 Å². The van der Waals surface area contributed by atoms with E-state index in [0.717, 1.165) is 20.5 Å². The maximum absolute atomic E-state index is 12.3. The molecule has 6 heteroatoms. The summed E-state index contributed by atoms with van der Waals surface area (Å²) in [5.41, 5.74) is 0.997. The Labute approximate surface area is 119 Å². The SMILES string of the molecule is Cc1c(C(=O)Cn2cnc(C#N)n2)sc2ccccc12. The van der Waals surface area contributed by atoms with Gasteiger partial charge in [0.25, 0.3) is 5.82 Å². The van der Waals surface area contributed by atoms with Crippen molar-refractivity contribution in [2.45, 2.75) is 13.5 Å². The first-order chi connectivity index (χ1) is 9.69. The normalized spacial score (nSPS) is 10.6. The van der Waals surface area contributed by atoms with Crippen molar-refractivity contribution in [1.82, 2.24) is 14.8 Å². The number of ketones is 1. The van der Waals surface area contributed by atoms with Crippen molar-refractivity contribution in [3.8, 4) is 6.07 Å². The zero-order chi connectivity index (χ0) is 14.1. The predicted molar refractivity (Wildman–Crippen MR) is 75.6 cm³/mol. The van der Waals surface area contributed by atoms with E-state index in [0.29, 0.717) is 0 Å². The molecule has 0 spiro atoms. The zero-order valence-electron chi connectivity index (χ0n) is 10.7. The molecule has 0 N–H and O–H groups in total. The highest BCUT2D eigenvalue weighted by atomic mass is 32.1. The van der Waals surface area contributed by atoms with E-state index in [1.54, 1.807) is 0 Å². The summed E-state index contributed by atoms with van der Waals surface area (Å²) in [6, 6.07) is 9.79. The van der Waals surface area contributed by atoms with Crippen LogP contribution in [0, 0.1) is 18.3 Å². The van der Waals surface area contributed by atoms with Crippen molar-refractivity contribution >= 4 is 27.2 Å². The lowest BCUT2D eigenvalue weighted by Gasteiger charge is -1.99. The van der Waals surface area contributed by atoms with Gasteiger partial charge in [0, 0.05) is 4.70 Å². The summed E-state index contributed by atoms with van der Waals surface area (Å²) in [5.74, 6) is 0.0592. The molecule has 0 aliphatic heterocycles. The molecule has 3 rings (SSSR count). The van der Waals surface area contributed by atoms with Gasteiger partial charge in [-0.3, -0.25) is 4.79 Å². The first kappa shape index (κ1) is 12.5. The van der Waals surface area contributed by atoms with Crippen molar-refractivity contribution in [1.29, 1.82) is 5.26 Å². The molecule has 0 fully saturated rings. The lowest BCUT2D eigenvalue weighted by Crippen LogP contribution is -2.10. The number of fused-ring (bicyclic) bond motifs is 1. The highest BCUT2D eigenvalue weighted by Crippen LogP contribution is 2.30. The summed E-state index contributed by atoms with van der Waals surface area (Å²) in [6.07, 6.45) is 1.40. The van der Waals surface area contributed by atoms with Crippen molar-refractivity contribution in [3.63, 3.8) is 0 Å². The summed E-state index contributed by atoms with van der Waals surface area (Å²) < 4.78 is 2.50. The number of benzene rings is 1. The maximum atomic E-state index is 12.3. The van der Waals surface area contributed by atoms with Crippen molar-refractivity contribution in [2.24, 2.45) is 0 Å². The molecular formula is C14H10N4OS. The molecule has 0 radical (unpaired) electrons. The van der Waals surface area contributed by atoms with Crippen LogP contribution in [0.25, 0.3) is 10.1 Å². The number of hydrogen-bond donors (Lipinski definition) is 0. The summed E-state index contributed by atoms with van der Waals surface area (Å²) in [6.45, 7) is 2.05. The Hall–Kier alpha value is -2.52. The lowest BCUT2D eigenvalue weighted by atomic mass is 10.1. The van der Waals surface area contributed by atoms with Crippen LogP contribution in [0.15, 0.2) is 30.6 Å². The molecule has 3 aromatic rings. The highest BCUT2D eigenvalue weighted by Gasteiger charge is 2.16. The molecule has 0 atom stereocenters. The molecule has 0 unspecified atom stereocenters. The average Bonchev–Trinajstić information content (AvgIpc) is 3.04. The van der Waals surface area contributed by atoms with Gasteiger partial charge >= 0.3 is 0 Å². The van der Waals surface area contributed by atoms with Crippen LogP contribution in [0.5, 0.6) is 0 Å². The molecule has 0 saturated carbocycles. The molecule has 98 valence electrons. The van der Waals surface area contributed by atoms with Gasteiger partial charge in [-0.2, -0.15) is 5.26 Å². The largest absolute Gasteiger partial charge is 0.291 e. The number of Topliss-reactive ketones (excluding diaryl/α,β-unsaturated/α-hetero) is 1. The molecule has 0 saturated heterocycles. The first-order valence-electron chi connectivity index (χ1n) is 6.00. The Kier molecular flexibility index (Phi) is 3.05. The number of carbonyl (C=O) groups excluding carboxylic acids is 1. The molecule has 0 aliphatic rings. The quantitative estimate of drug-likeness (QED) is 0.692. The van der Waals surface area contributed by atoms with Gasteiger partial charge in [0.1, 0.15) is 18.9 Å². The standard InChI is InChI=1S/C14H10N4OS/c1-9-10-4-2-3-5-12(10)20-14(9)11(19)7-18-8-16-13(6-15)17-18/h2-5,8H,7H2,1H3. The second-order valence-corrected chi connectivity index (χ2v) is 5.41. The van der Waals surface area contributed by atoms with E-state index in [-0.39, 0.29) is 18.2 Å². The summed E-state index contributed by atoms with van der Waals surface area (Å²) in [5, 5.41) is 13.7. The van der Waals surface area contributed by atoms with Crippen molar-refractivity contribution < 1.29 is 4.79 Å². The minimum atomic E-state index is -0.0157. The third-order valence-corrected chi connectivity index (χ3v) is 4.35. The molecule has 20 heavy (non-hydrogen) atoms. The average molecular weight is 282 g/mol. The van der Waals surface area contributed by atoms with Crippen molar-refractivity contribution in [3.05, 3.63) is 46.9 Å². The number of nitrogens with zero attached hydrogens (tertiary/aromatic N) is 4. The topological polar surface area (TPSA) is 71.6 Å². The van der Waals surface area contributed by atoms with Crippen LogP contribution in [0.1, 0.15) is 21.1 Å². The predicted octanol–water partition coefficient (Wildman–Crippen LogP) is 2.56. The fourth-order valence-corrected chi connectivity index (χ4v) is 3.22. The van der Waals surface area contributed by atoms with Gasteiger partial charge in [0.2, 0.25) is 0 Å². The Morgan fingerprint density at radius 1 is 1.45 bits per heavy atom. The third-order valence-electron chi connectivity index (χ3n) is 3.04. The molecule has 2 aromatic heterocycles. The number of aryl methyl sites for hydroxylation is 1. The van der Waals surface area contributed by atoms with E-state index in [1.165, 1.54) is 22.3 Å². The van der Waals surface area contributed by atoms with Crippen LogP contribution >= 0.6 is 11.3 Å². The fraction of sp³-hybridized carbons (Fsp3) is 0.143. The van der Waals surface area contributed by atoms with E-state index in [4.69, 9.17) is 5.26 Å². The van der Waals surface area contributed by atoms with Crippen LogP contribution in [-0.2, 0) is 6.54 Å². The Morgan fingerprint density at radius 3 is 2.95 bits per heavy atom. The van der Waals surface area contributed by atoms with Crippen LogP contribution in [0.2, 0.25) is 0 Å². The van der Waals surface area contributed by atoms with Gasteiger partial charge in [-0.05, 0) is 23.9 Å². The van der Waals surface area contributed by atoms with E-state index >= 15 is 0 Å². The Bertz CT molecular complexity index is 840. The smallest absolute Gasteiger partial charge is 0.252 e. The van der Waals surface area contributed by atoms with Gasteiger partial charge in [0.05, 0.1) is 4.88 Å². The number of carbonyl (C=O) groups is 1. The van der Waals surface area contributed by atoms with Crippen LogP contribution in [-0.4, -0.2) is 20.5 Å². The molecule has 0 aliphatic carbocycles. The highest BCUT2D eigenvalue weighted by molar-refractivity contribution is 7.21. The van der Waals surface area contributed by atoms with Crippen LogP contribution in [0.4, 0.5) is 0 Å². The Balaban J connectivity index is 1.93.